The van der Waals surface area contributed by atoms with E-state index in [4.69, 9.17) is 5.11 Å². The fourth-order valence-electron chi connectivity index (χ4n) is 1.36. The first-order valence-electron chi connectivity index (χ1n) is 5.33. The van der Waals surface area contributed by atoms with Crippen LogP contribution >= 0.6 is 0 Å². The Balaban J connectivity index is 4.16. The first-order valence-corrected chi connectivity index (χ1v) is 5.33. The maximum absolute atomic E-state index is 10.8. The second-order valence-corrected chi connectivity index (χ2v) is 3.55. The Kier molecular flexibility index (Phi) is 7.64. The summed E-state index contributed by atoms with van der Waals surface area (Å²) in [6.45, 7) is 5.53. The van der Waals surface area contributed by atoms with Gasteiger partial charge < -0.3 is 10.2 Å². The predicted molar refractivity (Wildman–Crippen MR) is 60.6 cm³/mol. The Hall–Kier alpha value is -1.09. The van der Waals surface area contributed by atoms with E-state index in [1.807, 2.05) is 0 Å². The first-order chi connectivity index (χ1) is 7.13. The van der Waals surface area contributed by atoms with Gasteiger partial charge in [0.25, 0.3) is 0 Å². The van der Waals surface area contributed by atoms with Gasteiger partial charge in [-0.3, -0.25) is 4.79 Å². The van der Waals surface area contributed by atoms with E-state index in [-0.39, 0.29) is 0 Å². The molecule has 3 heteroatoms. The van der Waals surface area contributed by atoms with Crippen molar-refractivity contribution in [1.82, 2.24) is 0 Å². The number of unbranched alkanes of at least 4 members (excludes halogenated alkanes) is 2. The number of allylic oxidation sites excluding steroid dienone is 2. The number of hydrogen-bond acceptors (Lipinski definition) is 2. The fourth-order valence-corrected chi connectivity index (χ4v) is 1.36. The van der Waals surface area contributed by atoms with E-state index < -0.39 is 18.0 Å². The Bertz CT molecular complexity index is 221. The minimum Gasteiger partial charge on any atom is -0.481 e. The van der Waals surface area contributed by atoms with Gasteiger partial charge in [-0.1, -0.05) is 51.0 Å². The van der Waals surface area contributed by atoms with Crippen molar-refractivity contribution < 1.29 is 15.0 Å². The van der Waals surface area contributed by atoms with Crippen molar-refractivity contribution in [2.75, 3.05) is 0 Å². The van der Waals surface area contributed by atoms with E-state index in [2.05, 4.69) is 13.5 Å². The van der Waals surface area contributed by atoms with Gasteiger partial charge >= 0.3 is 5.97 Å². The van der Waals surface area contributed by atoms with Gasteiger partial charge in [0.2, 0.25) is 0 Å². The fraction of sp³-hybridized carbons (Fsp3) is 0.583. The summed E-state index contributed by atoms with van der Waals surface area (Å²) in [6.07, 6.45) is 7.23. The van der Waals surface area contributed by atoms with E-state index in [1.54, 1.807) is 6.08 Å². The maximum Gasteiger partial charge on any atom is 0.313 e. The van der Waals surface area contributed by atoms with Crippen molar-refractivity contribution in [3.05, 3.63) is 24.8 Å². The minimum absolute atomic E-state index is 0.534. The van der Waals surface area contributed by atoms with Crippen molar-refractivity contribution in [2.45, 2.75) is 38.7 Å². The van der Waals surface area contributed by atoms with Crippen molar-refractivity contribution in [3.8, 4) is 0 Å². The largest absolute Gasteiger partial charge is 0.481 e. The molecule has 0 spiro atoms. The van der Waals surface area contributed by atoms with Gasteiger partial charge in [0, 0.05) is 0 Å². The van der Waals surface area contributed by atoms with Gasteiger partial charge in [-0.05, 0) is 6.42 Å². The Morgan fingerprint density at radius 2 is 2.13 bits per heavy atom. The average molecular weight is 212 g/mol. The zero-order chi connectivity index (χ0) is 11.7. The molecule has 15 heavy (non-hydrogen) atoms. The molecule has 0 aliphatic rings. The highest BCUT2D eigenvalue weighted by atomic mass is 16.4. The van der Waals surface area contributed by atoms with Crippen LogP contribution in [0, 0.1) is 5.92 Å². The number of rotatable bonds is 8. The molecule has 0 rings (SSSR count). The van der Waals surface area contributed by atoms with Gasteiger partial charge in [-0.2, -0.15) is 0 Å². The maximum atomic E-state index is 10.8. The van der Waals surface area contributed by atoms with E-state index in [0.29, 0.717) is 6.42 Å². The van der Waals surface area contributed by atoms with E-state index in [1.165, 1.54) is 12.2 Å². The molecule has 0 aromatic heterocycles. The Morgan fingerprint density at radius 1 is 1.47 bits per heavy atom. The number of carboxylic acids is 1. The highest BCUT2D eigenvalue weighted by molar-refractivity contribution is 5.72. The van der Waals surface area contributed by atoms with Crippen LogP contribution in [0.3, 0.4) is 0 Å². The van der Waals surface area contributed by atoms with Crippen LogP contribution in [0.5, 0.6) is 0 Å². The SMILES string of the molecule is C=CC=CC(C(=O)O)C(O)CCCCC. The lowest BCUT2D eigenvalue weighted by Gasteiger charge is -2.15. The molecule has 2 N–H and O–H groups in total. The molecule has 86 valence electrons. The van der Waals surface area contributed by atoms with Crippen molar-refractivity contribution in [3.63, 3.8) is 0 Å². The van der Waals surface area contributed by atoms with E-state index >= 15 is 0 Å². The number of carboxylic acid groups (broad SMARTS) is 1. The summed E-state index contributed by atoms with van der Waals surface area (Å²) in [4.78, 5) is 10.8. The molecule has 2 atom stereocenters. The topological polar surface area (TPSA) is 57.5 Å². The summed E-state index contributed by atoms with van der Waals surface area (Å²) >= 11 is 0. The van der Waals surface area contributed by atoms with Crippen LogP contribution in [0.25, 0.3) is 0 Å². The minimum atomic E-state index is -0.989. The van der Waals surface area contributed by atoms with Crippen LogP contribution in [0.15, 0.2) is 24.8 Å². The zero-order valence-corrected chi connectivity index (χ0v) is 9.22. The van der Waals surface area contributed by atoms with E-state index in [0.717, 1.165) is 19.3 Å². The standard InChI is InChI=1S/C12H20O3/c1-3-5-7-9-11(13)10(12(14)15)8-6-4-2/h4,6,8,10-11,13H,2-3,5,7,9H2,1H3,(H,14,15). The number of carbonyl (C=O) groups is 1. The number of aliphatic carboxylic acids is 1. The highest BCUT2D eigenvalue weighted by Gasteiger charge is 2.22. The summed E-state index contributed by atoms with van der Waals surface area (Å²) in [5.74, 6) is -1.81. The molecule has 0 saturated carbocycles. The van der Waals surface area contributed by atoms with Crippen LogP contribution in [0.4, 0.5) is 0 Å². The quantitative estimate of drug-likeness (QED) is 0.479. The third-order valence-electron chi connectivity index (χ3n) is 2.26. The summed E-state index contributed by atoms with van der Waals surface area (Å²) in [6, 6.07) is 0. The second-order valence-electron chi connectivity index (χ2n) is 3.55. The van der Waals surface area contributed by atoms with Crippen LogP contribution in [0.2, 0.25) is 0 Å². The molecular formula is C12H20O3. The summed E-state index contributed by atoms with van der Waals surface area (Å²) in [5.41, 5.74) is 0. The first kappa shape index (κ1) is 13.9. The zero-order valence-electron chi connectivity index (χ0n) is 9.22. The smallest absolute Gasteiger partial charge is 0.313 e. The molecule has 0 aromatic rings. The van der Waals surface area contributed by atoms with Crippen LogP contribution < -0.4 is 0 Å². The molecule has 2 unspecified atom stereocenters. The molecule has 0 heterocycles. The molecule has 0 bridgehead atoms. The Labute approximate surface area is 91.1 Å². The summed E-state index contributed by atoms with van der Waals surface area (Å²) < 4.78 is 0. The van der Waals surface area contributed by atoms with Crippen molar-refractivity contribution in [2.24, 2.45) is 5.92 Å². The lowest BCUT2D eigenvalue weighted by molar-refractivity contribution is -0.143. The molecular weight excluding hydrogens is 192 g/mol. The van der Waals surface area contributed by atoms with Crippen LogP contribution in [-0.2, 0) is 4.79 Å². The highest BCUT2D eigenvalue weighted by Crippen LogP contribution is 2.14. The number of hydrogen-bond donors (Lipinski definition) is 2. The molecule has 0 aromatic carbocycles. The van der Waals surface area contributed by atoms with Crippen LogP contribution in [-0.4, -0.2) is 22.3 Å². The molecule has 3 nitrogen and oxygen atoms in total. The van der Waals surface area contributed by atoms with E-state index in [9.17, 15) is 9.90 Å². The molecule has 0 fully saturated rings. The number of aliphatic hydroxyl groups is 1. The monoisotopic (exact) mass is 212 g/mol. The normalized spacial score (nSPS) is 15.1. The van der Waals surface area contributed by atoms with Gasteiger partial charge in [0.15, 0.2) is 0 Å². The van der Waals surface area contributed by atoms with Gasteiger partial charge in [-0.15, -0.1) is 0 Å². The predicted octanol–water partition coefficient (Wildman–Crippen LogP) is 2.37. The Morgan fingerprint density at radius 3 is 2.60 bits per heavy atom. The molecule has 0 aliphatic heterocycles. The summed E-state index contributed by atoms with van der Waals surface area (Å²) in [7, 11) is 0. The molecule has 0 amide bonds. The summed E-state index contributed by atoms with van der Waals surface area (Å²) in [5, 5.41) is 18.5. The van der Waals surface area contributed by atoms with Gasteiger partial charge in [0.1, 0.15) is 5.92 Å². The lowest BCUT2D eigenvalue weighted by atomic mass is 9.97. The van der Waals surface area contributed by atoms with Crippen LogP contribution in [0.1, 0.15) is 32.6 Å². The third kappa shape index (κ3) is 6.07. The molecule has 0 saturated heterocycles. The lowest BCUT2D eigenvalue weighted by Crippen LogP contribution is -2.26. The van der Waals surface area contributed by atoms with Gasteiger partial charge in [-0.25, -0.2) is 0 Å². The van der Waals surface area contributed by atoms with Crippen molar-refractivity contribution in [1.29, 1.82) is 0 Å². The second kappa shape index (κ2) is 8.24. The van der Waals surface area contributed by atoms with Gasteiger partial charge in [0.05, 0.1) is 6.10 Å². The third-order valence-corrected chi connectivity index (χ3v) is 2.26. The number of aliphatic hydroxyl groups excluding tert-OH is 1. The van der Waals surface area contributed by atoms with Crippen molar-refractivity contribution >= 4 is 5.97 Å². The molecule has 0 radical (unpaired) electrons. The molecule has 0 aliphatic carbocycles. The average Bonchev–Trinajstić information content (AvgIpc) is 2.18.